The number of fused-ring (bicyclic) bond motifs is 3. The van der Waals surface area contributed by atoms with Crippen LogP contribution in [0.2, 0.25) is 0 Å². The Morgan fingerprint density at radius 2 is 1.85 bits per heavy atom. The van der Waals surface area contributed by atoms with E-state index >= 15 is 0 Å². The fourth-order valence-electron chi connectivity index (χ4n) is 5.56. The van der Waals surface area contributed by atoms with Crippen LogP contribution in [0, 0.1) is 18.8 Å². The minimum absolute atomic E-state index is 0.0812. The molecule has 3 aromatic rings. The van der Waals surface area contributed by atoms with E-state index in [1.807, 2.05) is 66.9 Å². The molecular formula is C28H34N4O2. The van der Waals surface area contributed by atoms with Crippen molar-refractivity contribution in [1.82, 2.24) is 19.8 Å². The lowest BCUT2D eigenvalue weighted by atomic mass is 9.77. The van der Waals surface area contributed by atoms with Gasteiger partial charge in [-0.05, 0) is 49.8 Å². The first-order valence-electron chi connectivity index (χ1n) is 12.4. The van der Waals surface area contributed by atoms with Gasteiger partial charge in [0.15, 0.2) is 5.82 Å². The average molecular weight is 459 g/mol. The third-order valence-electron chi connectivity index (χ3n) is 8.13. The molecule has 2 heterocycles. The molecule has 0 saturated heterocycles. The molecule has 1 aromatic heterocycles. The van der Waals surface area contributed by atoms with Crippen LogP contribution in [0.3, 0.4) is 0 Å². The number of carbonyl (C=O) groups excluding carboxylic acids is 2. The molecular weight excluding hydrogens is 424 g/mol. The maximum Gasteiger partial charge on any atom is 0.291 e. The number of imidazole rings is 1. The Bertz CT molecular complexity index is 1230. The number of nitrogens with zero attached hydrogens (tertiary/aromatic N) is 3. The minimum Gasteiger partial charge on any atom is -0.351 e. The number of hydrogen-bond acceptors (Lipinski definition) is 3. The molecule has 34 heavy (non-hydrogen) atoms. The van der Waals surface area contributed by atoms with Gasteiger partial charge in [-0.3, -0.25) is 9.59 Å². The largest absolute Gasteiger partial charge is 0.351 e. The van der Waals surface area contributed by atoms with Crippen molar-refractivity contribution in [2.24, 2.45) is 11.8 Å². The Kier molecular flexibility index (Phi) is 5.70. The number of carbonyl (C=O) groups is 2. The van der Waals surface area contributed by atoms with Gasteiger partial charge in [0.2, 0.25) is 5.91 Å². The summed E-state index contributed by atoms with van der Waals surface area (Å²) in [7, 11) is 0. The highest BCUT2D eigenvalue weighted by atomic mass is 16.2. The van der Waals surface area contributed by atoms with Crippen LogP contribution in [0.5, 0.6) is 0 Å². The second kappa shape index (κ2) is 8.57. The highest BCUT2D eigenvalue weighted by molar-refractivity contribution is 6.01. The van der Waals surface area contributed by atoms with E-state index in [1.54, 1.807) is 4.90 Å². The number of amides is 2. The zero-order valence-corrected chi connectivity index (χ0v) is 20.5. The highest BCUT2D eigenvalue weighted by Gasteiger charge is 2.49. The molecule has 0 unspecified atom stereocenters. The summed E-state index contributed by atoms with van der Waals surface area (Å²) >= 11 is 0. The molecule has 1 aliphatic carbocycles. The fourth-order valence-corrected chi connectivity index (χ4v) is 5.56. The number of benzene rings is 2. The van der Waals surface area contributed by atoms with Crippen LogP contribution in [-0.4, -0.2) is 37.8 Å². The normalized spacial score (nSPS) is 27.0. The Labute approximate surface area is 201 Å². The van der Waals surface area contributed by atoms with Gasteiger partial charge in [0.25, 0.3) is 5.91 Å². The summed E-state index contributed by atoms with van der Waals surface area (Å²) in [5.41, 5.74) is 2.80. The van der Waals surface area contributed by atoms with Gasteiger partial charge in [0.05, 0.1) is 17.6 Å². The van der Waals surface area contributed by atoms with Crippen molar-refractivity contribution in [1.29, 1.82) is 0 Å². The second-order valence-corrected chi connectivity index (χ2v) is 10.5. The molecule has 2 amide bonds. The van der Waals surface area contributed by atoms with E-state index < -0.39 is 5.54 Å². The molecule has 1 aliphatic heterocycles. The molecule has 0 spiro atoms. The summed E-state index contributed by atoms with van der Waals surface area (Å²) in [6, 6.07) is 16.0. The predicted octanol–water partition coefficient (Wildman–Crippen LogP) is 4.70. The van der Waals surface area contributed by atoms with Gasteiger partial charge in [-0.1, -0.05) is 68.7 Å². The van der Waals surface area contributed by atoms with Crippen molar-refractivity contribution < 1.29 is 9.59 Å². The van der Waals surface area contributed by atoms with Crippen LogP contribution in [0.4, 0.5) is 0 Å². The summed E-state index contributed by atoms with van der Waals surface area (Å²) in [4.78, 5) is 34.2. The molecule has 1 saturated carbocycles. The van der Waals surface area contributed by atoms with E-state index in [-0.39, 0.29) is 17.9 Å². The zero-order chi connectivity index (χ0) is 24.0. The van der Waals surface area contributed by atoms with Crippen molar-refractivity contribution in [3.8, 4) is 0 Å². The predicted molar refractivity (Wildman–Crippen MR) is 133 cm³/mol. The van der Waals surface area contributed by atoms with E-state index in [2.05, 4.69) is 24.1 Å². The average Bonchev–Trinajstić information content (AvgIpc) is 3.19. The first-order chi connectivity index (χ1) is 16.3. The van der Waals surface area contributed by atoms with Crippen molar-refractivity contribution in [2.75, 3.05) is 0 Å². The topological polar surface area (TPSA) is 67.2 Å². The molecule has 6 heteroatoms. The molecule has 1 fully saturated rings. The van der Waals surface area contributed by atoms with Crippen molar-refractivity contribution in [2.45, 2.75) is 71.6 Å². The molecule has 2 aromatic carbocycles. The molecule has 1 N–H and O–H groups in total. The monoisotopic (exact) mass is 458 g/mol. The minimum atomic E-state index is -1.03. The maximum absolute atomic E-state index is 14.0. The van der Waals surface area contributed by atoms with Gasteiger partial charge in [-0.15, -0.1) is 0 Å². The van der Waals surface area contributed by atoms with Crippen LogP contribution < -0.4 is 5.32 Å². The SMILES string of the molecule is Cc1ccc(CN2C(=O)c3nc4ccccc4n3C[C@]2(C)C(=O)N[C@@H]2CCC[C@@H](C)[C@@H]2C)cc1. The van der Waals surface area contributed by atoms with Crippen molar-refractivity contribution >= 4 is 22.8 Å². The lowest BCUT2D eigenvalue weighted by molar-refractivity contribution is -0.134. The Balaban J connectivity index is 1.54. The Morgan fingerprint density at radius 1 is 1.12 bits per heavy atom. The first-order valence-corrected chi connectivity index (χ1v) is 12.4. The second-order valence-electron chi connectivity index (χ2n) is 10.5. The number of nitrogens with one attached hydrogen (secondary N) is 1. The number of para-hydroxylation sites is 2. The zero-order valence-electron chi connectivity index (χ0n) is 20.5. The van der Waals surface area contributed by atoms with E-state index in [1.165, 1.54) is 6.42 Å². The quantitative estimate of drug-likeness (QED) is 0.616. The molecule has 6 nitrogen and oxygen atoms in total. The van der Waals surface area contributed by atoms with Crippen LogP contribution in [0.15, 0.2) is 48.5 Å². The van der Waals surface area contributed by atoms with Crippen LogP contribution in [-0.2, 0) is 17.9 Å². The third kappa shape index (κ3) is 3.79. The van der Waals surface area contributed by atoms with E-state index in [4.69, 9.17) is 0 Å². The maximum atomic E-state index is 14.0. The van der Waals surface area contributed by atoms with Gasteiger partial charge >= 0.3 is 0 Å². The van der Waals surface area contributed by atoms with Gasteiger partial charge in [-0.2, -0.15) is 0 Å². The van der Waals surface area contributed by atoms with Crippen molar-refractivity contribution in [3.63, 3.8) is 0 Å². The standard InChI is InChI=1S/C28H34N4O2/c1-18-12-14-21(15-13-18)16-32-26(33)25-29-23-9-5-6-11-24(23)31(25)17-28(32,4)27(34)30-22-10-7-8-19(2)20(22)3/h5-6,9,11-15,19-20,22H,7-8,10,16-17H2,1-4H3,(H,30,34)/t19-,20+,22-,28-/m1/s1. The van der Waals surface area contributed by atoms with Crippen LogP contribution in [0.1, 0.15) is 61.8 Å². The first kappa shape index (κ1) is 22.6. The molecule has 0 bridgehead atoms. The summed E-state index contributed by atoms with van der Waals surface area (Å²) in [5, 5.41) is 3.36. The summed E-state index contributed by atoms with van der Waals surface area (Å²) in [6.07, 6.45) is 3.31. The smallest absolute Gasteiger partial charge is 0.291 e. The summed E-state index contributed by atoms with van der Waals surface area (Å²) < 4.78 is 1.93. The fraction of sp³-hybridized carbons (Fsp3) is 0.464. The number of aryl methyl sites for hydroxylation is 1. The van der Waals surface area contributed by atoms with Crippen LogP contribution in [0.25, 0.3) is 11.0 Å². The van der Waals surface area contributed by atoms with Gasteiger partial charge in [0, 0.05) is 12.6 Å². The Hall–Kier alpha value is -3.15. The van der Waals surface area contributed by atoms with Gasteiger partial charge < -0.3 is 14.8 Å². The summed E-state index contributed by atoms with van der Waals surface area (Å²) in [6.45, 7) is 9.19. The molecule has 5 rings (SSSR count). The molecule has 0 radical (unpaired) electrons. The van der Waals surface area contributed by atoms with Crippen LogP contribution >= 0.6 is 0 Å². The highest BCUT2D eigenvalue weighted by Crippen LogP contribution is 2.34. The van der Waals surface area contributed by atoms with Crippen molar-refractivity contribution in [3.05, 3.63) is 65.5 Å². The number of hydrogen-bond donors (Lipinski definition) is 1. The van der Waals surface area contributed by atoms with E-state index in [0.29, 0.717) is 30.7 Å². The van der Waals surface area contributed by atoms with E-state index in [9.17, 15) is 9.59 Å². The third-order valence-corrected chi connectivity index (χ3v) is 8.13. The Morgan fingerprint density at radius 3 is 2.62 bits per heavy atom. The van der Waals surface area contributed by atoms with Gasteiger partial charge in [0.1, 0.15) is 5.54 Å². The lowest BCUT2D eigenvalue weighted by Crippen LogP contribution is -2.65. The molecule has 2 aliphatic rings. The summed E-state index contributed by atoms with van der Waals surface area (Å²) in [5.74, 6) is 1.11. The lowest BCUT2D eigenvalue weighted by Gasteiger charge is -2.45. The molecule has 178 valence electrons. The molecule has 4 atom stereocenters. The van der Waals surface area contributed by atoms with Gasteiger partial charge in [-0.25, -0.2) is 4.98 Å². The number of aromatic nitrogens is 2. The van der Waals surface area contributed by atoms with E-state index in [0.717, 1.165) is 35.0 Å². The number of rotatable bonds is 4.